The Bertz CT molecular complexity index is 1120. The number of methoxy groups -OCH3 is 1. The van der Waals surface area contributed by atoms with E-state index in [4.69, 9.17) is 14.2 Å². The van der Waals surface area contributed by atoms with E-state index >= 15 is 0 Å². The largest absolute Gasteiger partial charge is 0.466 e. The minimum absolute atomic E-state index is 0.0278. The summed E-state index contributed by atoms with van der Waals surface area (Å²) in [5.41, 5.74) is 1.37. The van der Waals surface area contributed by atoms with Crippen LogP contribution in [0.25, 0.3) is 0 Å². The number of carbonyl (C=O) groups excluding carboxylic acids is 2. The lowest BCUT2D eigenvalue weighted by atomic mass is 9.80. The normalized spacial score (nSPS) is 15.7. The zero-order valence-corrected chi connectivity index (χ0v) is 19.1. The van der Waals surface area contributed by atoms with Crippen LogP contribution >= 0.6 is 0 Å². The Morgan fingerprint density at radius 2 is 2.06 bits per heavy atom. The second-order valence-corrected chi connectivity index (χ2v) is 7.41. The van der Waals surface area contributed by atoms with Crippen LogP contribution in [-0.2, 0) is 30.3 Å². The summed E-state index contributed by atoms with van der Waals surface area (Å²) in [7, 11) is 1.23. The van der Waals surface area contributed by atoms with Gasteiger partial charge in [-0.1, -0.05) is 12.1 Å². The molecular weight excluding hydrogens is 444 g/mol. The van der Waals surface area contributed by atoms with Gasteiger partial charge in [-0.25, -0.2) is 14.6 Å². The van der Waals surface area contributed by atoms with E-state index in [2.05, 4.69) is 10.3 Å². The van der Waals surface area contributed by atoms with E-state index in [0.29, 0.717) is 30.1 Å². The predicted molar refractivity (Wildman–Crippen MR) is 120 cm³/mol. The summed E-state index contributed by atoms with van der Waals surface area (Å²) in [5, 5.41) is 14.5. The molecule has 0 bridgehead atoms. The summed E-state index contributed by atoms with van der Waals surface area (Å²) >= 11 is 0. The lowest BCUT2D eigenvalue weighted by Crippen LogP contribution is -2.34. The Morgan fingerprint density at radius 3 is 2.71 bits per heavy atom. The van der Waals surface area contributed by atoms with Gasteiger partial charge in [0.2, 0.25) is 0 Å². The minimum Gasteiger partial charge on any atom is -0.466 e. The number of nitrogens with zero attached hydrogens (tertiary/aromatic N) is 3. The average molecular weight is 470 g/mol. The third kappa shape index (κ3) is 5.49. The van der Waals surface area contributed by atoms with Gasteiger partial charge in [0.1, 0.15) is 0 Å². The van der Waals surface area contributed by atoms with E-state index in [9.17, 15) is 19.7 Å². The van der Waals surface area contributed by atoms with E-state index in [1.807, 2.05) is 4.57 Å². The van der Waals surface area contributed by atoms with Crippen LogP contribution in [0, 0.1) is 10.1 Å². The maximum Gasteiger partial charge on any atom is 0.336 e. The Labute approximate surface area is 196 Å². The molecule has 0 spiro atoms. The van der Waals surface area contributed by atoms with Crippen LogP contribution in [0.2, 0.25) is 0 Å². The Morgan fingerprint density at radius 1 is 1.26 bits per heavy atom. The molecule has 11 nitrogen and oxygen atoms in total. The fourth-order valence-electron chi connectivity index (χ4n) is 3.76. The number of dihydropyridines is 1. The molecule has 1 aromatic heterocycles. The van der Waals surface area contributed by atoms with Crippen LogP contribution in [0.15, 0.2) is 65.5 Å². The number of nitro benzene ring substituents is 1. The van der Waals surface area contributed by atoms with Crippen LogP contribution in [-0.4, -0.2) is 53.3 Å². The van der Waals surface area contributed by atoms with Crippen molar-refractivity contribution >= 4 is 17.6 Å². The molecule has 1 atom stereocenters. The van der Waals surface area contributed by atoms with Gasteiger partial charge in [-0.05, 0) is 19.4 Å². The number of non-ortho nitro benzene ring substituents is 1. The molecule has 1 aliphatic heterocycles. The highest BCUT2D eigenvalue weighted by atomic mass is 16.6. The molecule has 1 aromatic carbocycles. The monoisotopic (exact) mass is 470 g/mol. The van der Waals surface area contributed by atoms with Crippen molar-refractivity contribution in [2.75, 3.05) is 26.9 Å². The molecule has 3 rings (SSSR count). The van der Waals surface area contributed by atoms with Crippen LogP contribution in [0.3, 0.4) is 0 Å². The summed E-state index contributed by atoms with van der Waals surface area (Å²) in [4.78, 5) is 40.7. The highest BCUT2D eigenvalue weighted by Gasteiger charge is 2.39. The molecule has 0 radical (unpaired) electrons. The minimum atomic E-state index is -0.945. The highest BCUT2D eigenvalue weighted by Crippen LogP contribution is 2.40. The standard InChI is InChI=1S/C23H26N4O7/c1-4-34-23(29)21-18(13-33-11-10-26-9-8-24-14-26)25-15(2)19(22(28)32-3)20(21)16-6-5-7-17(12-16)27(30)31/h5-9,12,14,20,25H,4,10-11,13H2,1-3H3. The molecule has 0 amide bonds. The summed E-state index contributed by atoms with van der Waals surface area (Å²) in [6, 6.07) is 5.80. The number of allylic oxidation sites excluding steroid dienone is 1. The molecule has 2 aromatic rings. The number of nitro groups is 1. The molecular formula is C23H26N4O7. The van der Waals surface area contributed by atoms with E-state index in [-0.39, 0.29) is 30.0 Å². The van der Waals surface area contributed by atoms with Crippen molar-refractivity contribution in [3.8, 4) is 0 Å². The number of nitrogens with one attached hydrogen (secondary N) is 1. The van der Waals surface area contributed by atoms with Crippen LogP contribution < -0.4 is 5.32 Å². The zero-order valence-electron chi connectivity index (χ0n) is 19.1. The summed E-state index contributed by atoms with van der Waals surface area (Å²) in [5.74, 6) is -2.27. The molecule has 11 heteroatoms. The van der Waals surface area contributed by atoms with Crippen molar-refractivity contribution in [1.82, 2.24) is 14.9 Å². The first kappa shape index (κ1) is 24.6. The van der Waals surface area contributed by atoms with Crippen molar-refractivity contribution in [2.24, 2.45) is 0 Å². The Balaban J connectivity index is 2.03. The number of imidazole rings is 1. The van der Waals surface area contributed by atoms with Gasteiger partial charge in [0.25, 0.3) is 5.69 Å². The molecule has 1 N–H and O–H groups in total. The first-order chi connectivity index (χ1) is 16.4. The van der Waals surface area contributed by atoms with Gasteiger partial charge in [0.15, 0.2) is 0 Å². The maximum absolute atomic E-state index is 13.1. The molecule has 0 saturated heterocycles. The number of hydrogen-bond donors (Lipinski definition) is 1. The Hall–Kier alpha value is -3.99. The van der Waals surface area contributed by atoms with E-state index < -0.39 is 22.8 Å². The van der Waals surface area contributed by atoms with Gasteiger partial charge in [-0.2, -0.15) is 0 Å². The molecule has 1 aliphatic rings. The third-order valence-electron chi connectivity index (χ3n) is 5.26. The fraction of sp³-hybridized carbons (Fsp3) is 0.348. The lowest BCUT2D eigenvalue weighted by molar-refractivity contribution is -0.384. The second kappa shape index (κ2) is 11.2. The third-order valence-corrected chi connectivity index (χ3v) is 5.26. The van der Waals surface area contributed by atoms with Crippen molar-refractivity contribution in [3.05, 3.63) is 81.2 Å². The predicted octanol–water partition coefficient (Wildman–Crippen LogP) is 2.46. The molecule has 0 saturated carbocycles. The van der Waals surface area contributed by atoms with Crippen molar-refractivity contribution in [1.29, 1.82) is 0 Å². The molecule has 1 unspecified atom stereocenters. The van der Waals surface area contributed by atoms with E-state index in [0.717, 1.165) is 0 Å². The first-order valence-corrected chi connectivity index (χ1v) is 10.6. The molecule has 34 heavy (non-hydrogen) atoms. The number of hydrogen-bond acceptors (Lipinski definition) is 9. The van der Waals surface area contributed by atoms with Gasteiger partial charge in [0.05, 0.1) is 60.9 Å². The fourth-order valence-corrected chi connectivity index (χ4v) is 3.76. The van der Waals surface area contributed by atoms with Crippen LogP contribution in [0.4, 0.5) is 5.69 Å². The number of aromatic nitrogens is 2. The van der Waals surface area contributed by atoms with Gasteiger partial charge in [-0.3, -0.25) is 10.1 Å². The molecule has 0 aliphatic carbocycles. The van der Waals surface area contributed by atoms with Crippen molar-refractivity contribution in [2.45, 2.75) is 26.3 Å². The maximum atomic E-state index is 13.1. The molecule has 0 fully saturated rings. The SMILES string of the molecule is CCOC(=O)C1=C(COCCn2ccnc2)NC(C)=C(C(=O)OC)C1c1cccc([N+](=O)[O-])c1. The number of esters is 2. The van der Waals surface area contributed by atoms with Gasteiger partial charge < -0.3 is 24.1 Å². The lowest BCUT2D eigenvalue weighted by Gasteiger charge is -2.31. The number of benzene rings is 1. The van der Waals surface area contributed by atoms with Crippen molar-refractivity contribution in [3.63, 3.8) is 0 Å². The quantitative estimate of drug-likeness (QED) is 0.240. The van der Waals surface area contributed by atoms with Gasteiger partial charge >= 0.3 is 11.9 Å². The number of ether oxygens (including phenoxy) is 3. The topological polar surface area (TPSA) is 135 Å². The van der Waals surface area contributed by atoms with Gasteiger partial charge in [-0.15, -0.1) is 0 Å². The second-order valence-electron chi connectivity index (χ2n) is 7.41. The molecule has 180 valence electrons. The van der Waals surface area contributed by atoms with Crippen LogP contribution in [0.5, 0.6) is 0 Å². The van der Waals surface area contributed by atoms with Crippen LogP contribution in [0.1, 0.15) is 25.3 Å². The van der Waals surface area contributed by atoms with Crippen molar-refractivity contribution < 1.29 is 28.7 Å². The average Bonchev–Trinajstić information content (AvgIpc) is 3.34. The first-order valence-electron chi connectivity index (χ1n) is 10.6. The van der Waals surface area contributed by atoms with E-state index in [1.54, 1.807) is 38.6 Å². The number of rotatable bonds is 10. The summed E-state index contributed by atoms with van der Waals surface area (Å²) < 4.78 is 17.9. The summed E-state index contributed by atoms with van der Waals surface area (Å²) in [6.07, 6.45) is 5.13. The van der Waals surface area contributed by atoms with E-state index in [1.165, 1.54) is 25.3 Å². The smallest absolute Gasteiger partial charge is 0.336 e. The number of carbonyl (C=O) groups is 2. The van der Waals surface area contributed by atoms with Gasteiger partial charge in [0, 0.05) is 36.8 Å². The molecule has 2 heterocycles. The zero-order chi connectivity index (χ0) is 24.7. The summed E-state index contributed by atoms with van der Waals surface area (Å²) in [6.45, 7) is 4.37. The highest BCUT2D eigenvalue weighted by molar-refractivity contribution is 6.00. The Kier molecular flexibility index (Phi) is 8.14.